The maximum absolute atomic E-state index is 12.0. The van der Waals surface area contributed by atoms with Crippen LogP contribution in [-0.4, -0.2) is 24.2 Å². The highest BCUT2D eigenvalue weighted by molar-refractivity contribution is 5.83. The molecule has 1 unspecified atom stereocenters. The van der Waals surface area contributed by atoms with E-state index in [0.717, 1.165) is 12.6 Å². The first-order chi connectivity index (χ1) is 8.71. The molecule has 0 saturated carbocycles. The third-order valence-corrected chi connectivity index (χ3v) is 2.90. The molecular weight excluding hydrogens is 252 g/mol. The molecule has 0 radical (unpaired) electrons. The highest BCUT2D eigenvalue weighted by Crippen LogP contribution is 2.13. The number of allylic oxidation sites excluding steroid dienone is 1. The Bertz CT molecular complexity index is 352. The first-order valence-electron chi connectivity index (χ1n) is 6.26. The molecule has 0 spiro atoms. The summed E-state index contributed by atoms with van der Waals surface area (Å²) in [5, 5.41) is 2.90. The topological polar surface area (TPSA) is 67.5 Å². The SMILES string of the molecule is CCC(C)(C)NC(=O)C(C)CC(=C/N)/C=N/C(F)F. The van der Waals surface area contributed by atoms with Crippen LogP contribution in [0.15, 0.2) is 16.8 Å². The molecule has 0 aromatic heterocycles. The largest absolute Gasteiger partial charge is 0.404 e. The number of amides is 1. The highest BCUT2D eigenvalue weighted by atomic mass is 19.3. The minimum atomic E-state index is -2.77. The monoisotopic (exact) mass is 275 g/mol. The summed E-state index contributed by atoms with van der Waals surface area (Å²) in [4.78, 5) is 14.9. The second kappa shape index (κ2) is 7.86. The van der Waals surface area contributed by atoms with E-state index < -0.39 is 6.55 Å². The number of nitrogens with zero attached hydrogens (tertiary/aromatic N) is 1. The fraction of sp³-hybridized carbons (Fsp3) is 0.692. The average Bonchev–Trinajstić information content (AvgIpc) is 2.33. The van der Waals surface area contributed by atoms with Crippen LogP contribution >= 0.6 is 0 Å². The highest BCUT2D eigenvalue weighted by Gasteiger charge is 2.22. The summed E-state index contributed by atoms with van der Waals surface area (Å²) in [5.74, 6) is -0.485. The van der Waals surface area contributed by atoms with Crippen molar-refractivity contribution in [2.75, 3.05) is 0 Å². The molecule has 0 heterocycles. The summed E-state index contributed by atoms with van der Waals surface area (Å²) in [6, 6.07) is 0. The van der Waals surface area contributed by atoms with Gasteiger partial charge in [-0.25, -0.2) is 4.99 Å². The zero-order valence-electron chi connectivity index (χ0n) is 11.9. The predicted molar refractivity (Wildman–Crippen MR) is 73.1 cm³/mol. The molecule has 4 nitrogen and oxygen atoms in total. The number of hydrogen-bond donors (Lipinski definition) is 2. The van der Waals surface area contributed by atoms with Gasteiger partial charge < -0.3 is 11.1 Å². The van der Waals surface area contributed by atoms with Gasteiger partial charge in [-0.05, 0) is 38.5 Å². The van der Waals surface area contributed by atoms with Crippen LogP contribution in [0.5, 0.6) is 0 Å². The summed E-state index contributed by atoms with van der Waals surface area (Å²) in [6.45, 7) is 4.79. The number of nitrogens with two attached hydrogens (primary N) is 1. The number of hydrogen-bond acceptors (Lipinski definition) is 3. The zero-order chi connectivity index (χ0) is 15.1. The molecule has 0 aliphatic carbocycles. The molecule has 0 fully saturated rings. The van der Waals surface area contributed by atoms with Crippen LogP contribution in [0.2, 0.25) is 0 Å². The summed E-state index contributed by atoms with van der Waals surface area (Å²) < 4.78 is 23.9. The number of rotatable bonds is 7. The Labute approximate surface area is 113 Å². The number of halogens is 2. The van der Waals surface area contributed by atoms with E-state index in [-0.39, 0.29) is 23.8 Å². The van der Waals surface area contributed by atoms with Crippen LogP contribution in [0.3, 0.4) is 0 Å². The van der Waals surface area contributed by atoms with E-state index in [1.165, 1.54) is 6.20 Å². The molecule has 0 aliphatic heterocycles. The lowest BCUT2D eigenvalue weighted by atomic mass is 9.97. The van der Waals surface area contributed by atoms with E-state index >= 15 is 0 Å². The van der Waals surface area contributed by atoms with Crippen LogP contribution < -0.4 is 11.1 Å². The van der Waals surface area contributed by atoms with Crippen molar-refractivity contribution < 1.29 is 13.6 Å². The maximum atomic E-state index is 12.0. The van der Waals surface area contributed by atoms with Gasteiger partial charge in [0, 0.05) is 17.7 Å². The first kappa shape index (κ1) is 17.5. The predicted octanol–water partition coefficient (Wildman–Crippen LogP) is 2.45. The molecule has 0 aromatic carbocycles. The van der Waals surface area contributed by atoms with Crippen molar-refractivity contribution in [3.63, 3.8) is 0 Å². The Hall–Kier alpha value is -1.46. The standard InChI is InChI=1S/C13H23F2N3O/c1-5-13(3,4)18-11(19)9(2)6-10(7-16)8-17-12(14)15/h7-9,12H,5-6,16H2,1-4H3,(H,18,19)/b10-7-,17-8+. The smallest absolute Gasteiger partial charge is 0.331 e. The van der Waals surface area contributed by atoms with Crippen LogP contribution in [0.25, 0.3) is 0 Å². The molecule has 1 amide bonds. The summed E-state index contributed by atoms with van der Waals surface area (Å²) in [6.07, 6.45) is 3.29. The third kappa shape index (κ3) is 7.54. The number of carbonyl (C=O) groups excluding carboxylic acids is 1. The normalized spacial score (nSPS) is 15.0. The van der Waals surface area contributed by atoms with E-state index in [9.17, 15) is 13.6 Å². The van der Waals surface area contributed by atoms with Gasteiger partial charge in [0.15, 0.2) is 0 Å². The van der Waals surface area contributed by atoms with E-state index in [1.807, 2.05) is 20.8 Å². The molecule has 6 heteroatoms. The molecule has 0 aliphatic rings. The zero-order valence-corrected chi connectivity index (χ0v) is 11.9. The van der Waals surface area contributed by atoms with E-state index in [4.69, 9.17) is 5.73 Å². The van der Waals surface area contributed by atoms with Gasteiger partial charge in [0.2, 0.25) is 5.91 Å². The van der Waals surface area contributed by atoms with Crippen molar-refractivity contribution in [2.45, 2.75) is 52.6 Å². The lowest BCUT2D eigenvalue weighted by Crippen LogP contribution is -2.45. The van der Waals surface area contributed by atoms with Crippen LogP contribution in [-0.2, 0) is 4.79 Å². The molecule has 0 bridgehead atoms. The number of alkyl halides is 2. The van der Waals surface area contributed by atoms with Gasteiger partial charge in [0.05, 0.1) is 0 Å². The molecular formula is C13H23F2N3O. The first-order valence-corrected chi connectivity index (χ1v) is 6.26. The van der Waals surface area contributed by atoms with Crippen molar-refractivity contribution >= 4 is 12.1 Å². The fourth-order valence-corrected chi connectivity index (χ4v) is 1.31. The van der Waals surface area contributed by atoms with Gasteiger partial charge in [0.1, 0.15) is 0 Å². The molecule has 19 heavy (non-hydrogen) atoms. The minimum absolute atomic E-state index is 0.128. The van der Waals surface area contributed by atoms with Crippen molar-refractivity contribution in [3.8, 4) is 0 Å². The Kier molecular flexibility index (Phi) is 7.26. The van der Waals surface area contributed by atoms with Crippen molar-refractivity contribution in [1.82, 2.24) is 5.32 Å². The Balaban J connectivity index is 4.51. The minimum Gasteiger partial charge on any atom is -0.404 e. The second-order valence-electron chi connectivity index (χ2n) is 5.13. The van der Waals surface area contributed by atoms with Crippen molar-refractivity contribution in [1.29, 1.82) is 0 Å². The fourth-order valence-electron chi connectivity index (χ4n) is 1.31. The van der Waals surface area contributed by atoms with Crippen LogP contribution in [0.1, 0.15) is 40.5 Å². The number of carbonyl (C=O) groups is 1. The quantitative estimate of drug-likeness (QED) is 0.553. The van der Waals surface area contributed by atoms with E-state index in [2.05, 4.69) is 10.3 Å². The maximum Gasteiger partial charge on any atom is 0.331 e. The molecule has 0 rings (SSSR count). The van der Waals surface area contributed by atoms with Crippen LogP contribution in [0, 0.1) is 5.92 Å². The van der Waals surface area contributed by atoms with Gasteiger partial charge in [-0.3, -0.25) is 4.79 Å². The summed E-state index contributed by atoms with van der Waals surface area (Å²) >= 11 is 0. The Morgan fingerprint density at radius 1 is 1.47 bits per heavy atom. The molecule has 0 aromatic rings. The van der Waals surface area contributed by atoms with E-state index in [1.54, 1.807) is 6.92 Å². The van der Waals surface area contributed by atoms with Gasteiger partial charge in [-0.2, -0.15) is 8.78 Å². The van der Waals surface area contributed by atoms with Crippen molar-refractivity contribution in [3.05, 3.63) is 11.8 Å². The molecule has 3 N–H and O–H groups in total. The molecule has 110 valence electrons. The van der Waals surface area contributed by atoms with Gasteiger partial charge >= 0.3 is 6.55 Å². The lowest BCUT2D eigenvalue weighted by molar-refractivity contribution is -0.126. The van der Waals surface area contributed by atoms with Crippen LogP contribution in [0.4, 0.5) is 8.78 Å². The Morgan fingerprint density at radius 2 is 2.05 bits per heavy atom. The lowest BCUT2D eigenvalue weighted by Gasteiger charge is -2.26. The van der Waals surface area contributed by atoms with Gasteiger partial charge in [0.25, 0.3) is 0 Å². The third-order valence-electron chi connectivity index (χ3n) is 2.90. The van der Waals surface area contributed by atoms with Gasteiger partial charge in [-0.1, -0.05) is 13.8 Å². The second-order valence-corrected chi connectivity index (χ2v) is 5.13. The molecule has 0 saturated heterocycles. The van der Waals surface area contributed by atoms with Crippen molar-refractivity contribution in [2.24, 2.45) is 16.6 Å². The summed E-state index contributed by atoms with van der Waals surface area (Å²) in [7, 11) is 0. The average molecular weight is 275 g/mol. The molecule has 1 atom stereocenters. The van der Waals surface area contributed by atoms with E-state index in [0.29, 0.717) is 5.57 Å². The summed E-state index contributed by atoms with van der Waals surface area (Å²) in [5.41, 5.74) is 5.46. The number of nitrogens with one attached hydrogen (secondary N) is 1. The van der Waals surface area contributed by atoms with Gasteiger partial charge in [-0.15, -0.1) is 0 Å². The Morgan fingerprint density at radius 3 is 2.47 bits per heavy atom. The number of aliphatic imine (C=N–C) groups is 1.